The molecule has 1 aromatic rings. The maximum absolute atomic E-state index is 12.0. The lowest BCUT2D eigenvalue weighted by molar-refractivity contribution is -0.124. The lowest BCUT2D eigenvalue weighted by atomic mass is 10.1. The number of hydrogen-bond donors (Lipinski definition) is 2. The van der Waals surface area contributed by atoms with Gasteiger partial charge in [0.25, 0.3) is 0 Å². The minimum absolute atomic E-state index is 0.0197. The molecule has 5 heteroatoms. The second-order valence-electron chi connectivity index (χ2n) is 4.58. The maximum Gasteiger partial charge on any atom is 0.233 e. The van der Waals surface area contributed by atoms with Crippen LogP contribution in [-0.2, 0) is 11.3 Å². The molecule has 1 fully saturated rings. The van der Waals surface area contributed by atoms with Crippen LogP contribution in [-0.4, -0.2) is 10.9 Å². The summed E-state index contributed by atoms with van der Waals surface area (Å²) < 4.78 is 0. The van der Waals surface area contributed by atoms with Gasteiger partial charge in [0.2, 0.25) is 5.91 Å². The molecule has 0 spiro atoms. The standard InChI is InChI=1S/C12H16N2OS2/c1-7-5-9(17-8(7)2)6-14-11(15)12(3-4-12)10(13)16/h5H,3-4,6H2,1-2H3,(H2,13,16)(H,14,15). The molecular formula is C12H16N2OS2. The number of carbonyl (C=O) groups excluding carboxylic acids is 1. The van der Waals surface area contributed by atoms with Crippen LogP contribution >= 0.6 is 23.6 Å². The van der Waals surface area contributed by atoms with Crippen molar-refractivity contribution in [3.8, 4) is 0 Å². The van der Waals surface area contributed by atoms with E-state index in [9.17, 15) is 4.79 Å². The molecule has 0 aromatic carbocycles. The van der Waals surface area contributed by atoms with E-state index in [0.717, 1.165) is 12.8 Å². The van der Waals surface area contributed by atoms with E-state index >= 15 is 0 Å². The minimum Gasteiger partial charge on any atom is -0.392 e. The zero-order valence-electron chi connectivity index (χ0n) is 10.0. The van der Waals surface area contributed by atoms with Gasteiger partial charge in [-0.15, -0.1) is 11.3 Å². The number of thiophene rings is 1. The number of carbonyl (C=O) groups is 1. The van der Waals surface area contributed by atoms with Crippen molar-refractivity contribution in [3.63, 3.8) is 0 Å². The number of aryl methyl sites for hydroxylation is 2. The van der Waals surface area contributed by atoms with Crippen molar-refractivity contribution in [2.75, 3.05) is 0 Å². The Morgan fingerprint density at radius 2 is 2.24 bits per heavy atom. The second kappa shape index (κ2) is 4.38. The van der Waals surface area contributed by atoms with Crippen molar-refractivity contribution in [2.45, 2.75) is 33.2 Å². The molecule has 1 amide bonds. The van der Waals surface area contributed by atoms with E-state index in [1.165, 1.54) is 15.3 Å². The normalized spacial score (nSPS) is 16.6. The zero-order chi connectivity index (χ0) is 12.6. The molecule has 0 aliphatic heterocycles. The van der Waals surface area contributed by atoms with Gasteiger partial charge in [0.1, 0.15) is 0 Å². The SMILES string of the molecule is Cc1cc(CNC(=O)C2(C(N)=S)CC2)sc1C. The number of amides is 1. The summed E-state index contributed by atoms with van der Waals surface area (Å²) in [5, 5.41) is 2.93. The lowest BCUT2D eigenvalue weighted by Crippen LogP contribution is -2.39. The third kappa shape index (κ3) is 2.35. The van der Waals surface area contributed by atoms with Crippen LogP contribution in [0.2, 0.25) is 0 Å². The average molecular weight is 268 g/mol. The minimum atomic E-state index is -0.545. The van der Waals surface area contributed by atoms with Crippen molar-refractivity contribution < 1.29 is 4.79 Å². The summed E-state index contributed by atoms with van der Waals surface area (Å²) in [5.41, 5.74) is 6.33. The van der Waals surface area contributed by atoms with E-state index in [4.69, 9.17) is 18.0 Å². The molecule has 92 valence electrons. The van der Waals surface area contributed by atoms with Crippen molar-refractivity contribution in [1.29, 1.82) is 0 Å². The molecular weight excluding hydrogens is 252 g/mol. The highest BCUT2D eigenvalue weighted by Crippen LogP contribution is 2.46. The molecule has 1 saturated carbocycles. The van der Waals surface area contributed by atoms with Gasteiger partial charge in [0.05, 0.1) is 16.9 Å². The molecule has 1 aromatic heterocycles. The van der Waals surface area contributed by atoms with E-state index in [-0.39, 0.29) is 5.91 Å². The highest BCUT2D eigenvalue weighted by atomic mass is 32.1. The van der Waals surface area contributed by atoms with Gasteiger partial charge in [-0.2, -0.15) is 0 Å². The largest absolute Gasteiger partial charge is 0.392 e. The summed E-state index contributed by atoms with van der Waals surface area (Å²) in [4.78, 5) is 14.8. The first-order chi connectivity index (χ1) is 7.95. The fourth-order valence-electron chi connectivity index (χ4n) is 1.78. The summed E-state index contributed by atoms with van der Waals surface area (Å²) in [7, 11) is 0. The smallest absolute Gasteiger partial charge is 0.233 e. The first kappa shape index (κ1) is 12.5. The van der Waals surface area contributed by atoms with Crippen molar-refractivity contribution in [2.24, 2.45) is 11.1 Å². The number of nitrogens with two attached hydrogens (primary N) is 1. The zero-order valence-corrected chi connectivity index (χ0v) is 11.6. The number of rotatable bonds is 4. The Labute approximate surface area is 110 Å². The van der Waals surface area contributed by atoms with Crippen molar-refractivity contribution >= 4 is 34.5 Å². The van der Waals surface area contributed by atoms with Crippen LogP contribution in [0.15, 0.2) is 6.07 Å². The predicted octanol–water partition coefficient (Wildman–Crippen LogP) is 2.05. The van der Waals surface area contributed by atoms with Gasteiger partial charge in [-0.3, -0.25) is 4.79 Å². The van der Waals surface area contributed by atoms with Crippen LogP contribution in [0.1, 0.15) is 28.2 Å². The van der Waals surface area contributed by atoms with Gasteiger partial charge in [-0.05, 0) is 38.3 Å². The lowest BCUT2D eigenvalue weighted by Gasteiger charge is -2.12. The fraction of sp³-hybridized carbons (Fsp3) is 0.500. The molecule has 1 heterocycles. The summed E-state index contributed by atoms with van der Waals surface area (Å²) in [5.74, 6) is -0.0197. The van der Waals surface area contributed by atoms with Crippen molar-refractivity contribution in [3.05, 3.63) is 21.4 Å². The molecule has 0 radical (unpaired) electrons. The molecule has 17 heavy (non-hydrogen) atoms. The second-order valence-corrected chi connectivity index (χ2v) is 6.36. The van der Waals surface area contributed by atoms with Gasteiger partial charge in [-0.25, -0.2) is 0 Å². The average Bonchev–Trinajstić information content (AvgIpc) is 3.00. The number of nitrogens with one attached hydrogen (secondary N) is 1. The number of thiocarbonyl (C=S) groups is 1. The molecule has 0 saturated heterocycles. The Kier molecular flexibility index (Phi) is 3.23. The number of hydrogen-bond acceptors (Lipinski definition) is 3. The molecule has 1 aliphatic rings. The van der Waals surface area contributed by atoms with Crippen LogP contribution in [0.5, 0.6) is 0 Å². The van der Waals surface area contributed by atoms with E-state index in [1.54, 1.807) is 11.3 Å². The molecule has 2 rings (SSSR count). The molecule has 0 unspecified atom stereocenters. The Bertz CT molecular complexity index is 455. The summed E-state index contributed by atoms with van der Waals surface area (Å²) >= 11 is 6.66. The van der Waals surface area contributed by atoms with Crippen LogP contribution in [0.3, 0.4) is 0 Å². The van der Waals surface area contributed by atoms with Crippen LogP contribution in [0, 0.1) is 19.3 Å². The first-order valence-corrected chi connectivity index (χ1v) is 6.82. The molecule has 0 atom stereocenters. The van der Waals surface area contributed by atoms with Crippen LogP contribution in [0.25, 0.3) is 0 Å². The van der Waals surface area contributed by atoms with Gasteiger partial charge in [0, 0.05) is 9.75 Å². The molecule has 0 bridgehead atoms. The van der Waals surface area contributed by atoms with E-state index in [2.05, 4.69) is 25.2 Å². The predicted molar refractivity (Wildman–Crippen MR) is 74.1 cm³/mol. The van der Waals surface area contributed by atoms with E-state index in [0.29, 0.717) is 11.5 Å². The van der Waals surface area contributed by atoms with Crippen molar-refractivity contribution in [1.82, 2.24) is 5.32 Å². The van der Waals surface area contributed by atoms with E-state index < -0.39 is 5.41 Å². The topological polar surface area (TPSA) is 55.1 Å². The van der Waals surface area contributed by atoms with Gasteiger partial charge in [-0.1, -0.05) is 12.2 Å². The highest BCUT2D eigenvalue weighted by Gasteiger charge is 2.52. The molecule has 3 nitrogen and oxygen atoms in total. The Morgan fingerprint density at radius 3 is 2.65 bits per heavy atom. The summed E-state index contributed by atoms with van der Waals surface area (Å²) in [6.07, 6.45) is 1.58. The van der Waals surface area contributed by atoms with Gasteiger partial charge in [0.15, 0.2) is 0 Å². The monoisotopic (exact) mass is 268 g/mol. The Hall–Kier alpha value is -0.940. The van der Waals surface area contributed by atoms with Gasteiger partial charge >= 0.3 is 0 Å². The maximum atomic E-state index is 12.0. The fourth-order valence-corrected chi connectivity index (χ4v) is 3.07. The van der Waals surface area contributed by atoms with E-state index in [1.807, 2.05) is 0 Å². The molecule has 1 aliphatic carbocycles. The first-order valence-electron chi connectivity index (χ1n) is 5.60. The Morgan fingerprint density at radius 1 is 1.59 bits per heavy atom. The van der Waals surface area contributed by atoms with Crippen LogP contribution < -0.4 is 11.1 Å². The summed E-state index contributed by atoms with van der Waals surface area (Å²) in [6.45, 7) is 4.74. The third-order valence-corrected chi connectivity index (χ3v) is 4.84. The summed E-state index contributed by atoms with van der Waals surface area (Å²) in [6, 6.07) is 2.11. The van der Waals surface area contributed by atoms with Crippen LogP contribution in [0.4, 0.5) is 0 Å². The third-order valence-electron chi connectivity index (χ3n) is 3.30. The quantitative estimate of drug-likeness (QED) is 0.822. The Balaban J connectivity index is 1.95. The molecule has 3 N–H and O–H groups in total. The van der Waals surface area contributed by atoms with Gasteiger partial charge < -0.3 is 11.1 Å². The highest BCUT2D eigenvalue weighted by molar-refractivity contribution is 7.80.